The van der Waals surface area contributed by atoms with Crippen molar-refractivity contribution in [2.45, 2.75) is 39.0 Å². The van der Waals surface area contributed by atoms with Crippen LogP contribution in [0.5, 0.6) is 5.75 Å². The highest BCUT2D eigenvalue weighted by atomic mass is 32.1. The molecule has 1 amide bonds. The normalized spacial score (nSPS) is 15.2. The number of aromatic nitrogens is 1. The van der Waals surface area contributed by atoms with E-state index < -0.39 is 0 Å². The van der Waals surface area contributed by atoms with E-state index in [9.17, 15) is 4.79 Å². The number of thiazole rings is 1. The van der Waals surface area contributed by atoms with E-state index in [2.05, 4.69) is 0 Å². The van der Waals surface area contributed by atoms with Gasteiger partial charge in [-0.25, -0.2) is 4.98 Å². The van der Waals surface area contributed by atoms with Gasteiger partial charge in [-0.1, -0.05) is 19.3 Å². The summed E-state index contributed by atoms with van der Waals surface area (Å²) in [6, 6.07) is 7.85. The standard InChI is InChI=1S/C19H24N2O2S/c1-3-21(18(22)15-7-5-4-6-8-15)19-20-17(13-24-19)14-9-11-16(23-2)12-10-14/h9-13,15H,3-8H2,1-2H3. The van der Waals surface area contributed by atoms with E-state index in [1.54, 1.807) is 18.4 Å². The maximum atomic E-state index is 12.8. The van der Waals surface area contributed by atoms with E-state index in [1.807, 2.05) is 41.5 Å². The Balaban J connectivity index is 1.77. The Morgan fingerprint density at radius 1 is 1.25 bits per heavy atom. The maximum Gasteiger partial charge on any atom is 0.231 e. The monoisotopic (exact) mass is 344 g/mol. The van der Waals surface area contributed by atoms with E-state index >= 15 is 0 Å². The number of benzene rings is 1. The maximum absolute atomic E-state index is 12.8. The smallest absolute Gasteiger partial charge is 0.231 e. The van der Waals surface area contributed by atoms with Crippen molar-refractivity contribution in [1.29, 1.82) is 0 Å². The van der Waals surface area contributed by atoms with Crippen LogP contribution in [0, 0.1) is 5.92 Å². The highest BCUT2D eigenvalue weighted by Gasteiger charge is 2.27. The van der Waals surface area contributed by atoms with Gasteiger partial charge < -0.3 is 4.74 Å². The van der Waals surface area contributed by atoms with Crippen LogP contribution in [-0.2, 0) is 4.79 Å². The van der Waals surface area contributed by atoms with Crippen LogP contribution in [0.4, 0.5) is 5.13 Å². The Kier molecular flexibility index (Phi) is 5.51. The van der Waals surface area contributed by atoms with Crippen LogP contribution in [0.2, 0.25) is 0 Å². The van der Waals surface area contributed by atoms with Gasteiger partial charge in [0.05, 0.1) is 12.8 Å². The zero-order valence-corrected chi connectivity index (χ0v) is 15.1. The highest BCUT2D eigenvalue weighted by Crippen LogP contribution is 2.31. The van der Waals surface area contributed by atoms with Gasteiger partial charge in [0.1, 0.15) is 5.75 Å². The molecule has 0 aliphatic heterocycles. The van der Waals surface area contributed by atoms with Crippen molar-refractivity contribution in [3.05, 3.63) is 29.6 Å². The van der Waals surface area contributed by atoms with Gasteiger partial charge in [0.25, 0.3) is 0 Å². The quantitative estimate of drug-likeness (QED) is 0.786. The van der Waals surface area contributed by atoms with Crippen molar-refractivity contribution in [3.8, 4) is 17.0 Å². The van der Waals surface area contributed by atoms with Gasteiger partial charge in [0.2, 0.25) is 5.91 Å². The number of anilines is 1. The molecule has 1 aliphatic rings. The largest absolute Gasteiger partial charge is 0.497 e. The molecule has 0 saturated heterocycles. The van der Waals surface area contributed by atoms with Crippen LogP contribution in [0.3, 0.4) is 0 Å². The van der Waals surface area contributed by atoms with Crippen molar-refractivity contribution in [2.24, 2.45) is 5.92 Å². The van der Waals surface area contributed by atoms with Gasteiger partial charge in [-0.3, -0.25) is 9.69 Å². The van der Waals surface area contributed by atoms with Crippen molar-refractivity contribution >= 4 is 22.4 Å². The fourth-order valence-electron chi connectivity index (χ4n) is 3.24. The minimum absolute atomic E-state index is 0.173. The molecular formula is C19H24N2O2S. The molecule has 24 heavy (non-hydrogen) atoms. The molecule has 1 aromatic heterocycles. The molecule has 0 atom stereocenters. The average molecular weight is 344 g/mol. The molecule has 0 N–H and O–H groups in total. The second-order valence-electron chi connectivity index (χ2n) is 6.16. The molecule has 5 heteroatoms. The Morgan fingerprint density at radius 3 is 2.58 bits per heavy atom. The van der Waals surface area contributed by atoms with E-state index in [4.69, 9.17) is 9.72 Å². The lowest BCUT2D eigenvalue weighted by Gasteiger charge is -2.26. The Morgan fingerprint density at radius 2 is 1.96 bits per heavy atom. The Hall–Kier alpha value is -1.88. The molecule has 1 aromatic carbocycles. The number of nitrogens with zero attached hydrogens (tertiary/aromatic N) is 2. The SMILES string of the molecule is CCN(C(=O)C1CCCCC1)c1nc(-c2ccc(OC)cc2)cs1. The molecule has 1 aliphatic carbocycles. The number of carbonyl (C=O) groups is 1. The fraction of sp³-hybridized carbons (Fsp3) is 0.474. The number of rotatable bonds is 5. The van der Waals surface area contributed by atoms with Gasteiger partial charge in [0.15, 0.2) is 5.13 Å². The minimum atomic E-state index is 0.173. The molecule has 1 heterocycles. The van der Waals surface area contributed by atoms with Gasteiger partial charge in [0, 0.05) is 23.4 Å². The van der Waals surface area contributed by atoms with Crippen molar-refractivity contribution in [2.75, 3.05) is 18.6 Å². The van der Waals surface area contributed by atoms with E-state index in [0.29, 0.717) is 6.54 Å². The summed E-state index contributed by atoms with van der Waals surface area (Å²) in [6.07, 6.45) is 5.64. The Bertz CT molecular complexity index is 675. The first-order valence-electron chi connectivity index (χ1n) is 8.64. The summed E-state index contributed by atoms with van der Waals surface area (Å²) in [7, 11) is 1.66. The number of carbonyl (C=O) groups excluding carboxylic acids is 1. The van der Waals surface area contributed by atoms with Crippen molar-refractivity contribution in [1.82, 2.24) is 4.98 Å². The van der Waals surface area contributed by atoms with E-state index in [0.717, 1.165) is 35.0 Å². The third-order valence-electron chi connectivity index (χ3n) is 4.65. The molecule has 4 nitrogen and oxygen atoms in total. The third-order valence-corrected chi connectivity index (χ3v) is 5.51. The number of hydrogen-bond acceptors (Lipinski definition) is 4. The number of methoxy groups -OCH3 is 1. The molecule has 1 fully saturated rings. The van der Waals surface area contributed by atoms with Gasteiger partial charge in [-0.2, -0.15) is 0 Å². The fourth-order valence-corrected chi connectivity index (χ4v) is 4.14. The summed E-state index contributed by atoms with van der Waals surface area (Å²) in [5, 5.41) is 2.83. The van der Waals surface area contributed by atoms with E-state index in [-0.39, 0.29) is 11.8 Å². The van der Waals surface area contributed by atoms with Crippen molar-refractivity contribution in [3.63, 3.8) is 0 Å². The van der Waals surface area contributed by atoms with Crippen molar-refractivity contribution < 1.29 is 9.53 Å². The number of ether oxygens (including phenoxy) is 1. The van der Waals surface area contributed by atoms with Crippen LogP contribution in [0.25, 0.3) is 11.3 Å². The zero-order valence-electron chi connectivity index (χ0n) is 14.3. The van der Waals surface area contributed by atoms with Crippen LogP contribution >= 0.6 is 11.3 Å². The third kappa shape index (κ3) is 3.61. The molecule has 0 bridgehead atoms. The van der Waals surface area contributed by atoms with Gasteiger partial charge >= 0.3 is 0 Å². The first-order valence-corrected chi connectivity index (χ1v) is 9.52. The molecule has 128 valence electrons. The molecular weight excluding hydrogens is 320 g/mol. The van der Waals surface area contributed by atoms with Crippen LogP contribution < -0.4 is 9.64 Å². The summed E-state index contributed by atoms with van der Waals surface area (Å²) < 4.78 is 5.19. The van der Waals surface area contributed by atoms with Gasteiger partial charge in [-0.05, 0) is 44.0 Å². The lowest BCUT2D eigenvalue weighted by molar-refractivity contribution is -0.123. The summed E-state index contributed by atoms with van der Waals surface area (Å²) in [6.45, 7) is 2.69. The first kappa shape index (κ1) is 17.0. The van der Waals surface area contributed by atoms with Crippen LogP contribution in [0.15, 0.2) is 29.6 Å². The second kappa shape index (κ2) is 7.79. The highest BCUT2D eigenvalue weighted by molar-refractivity contribution is 7.14. The van der Waals surface area contributed by atoms with E-state index in [1.165, 1.54) is 19.3 Å². The number of amides is 1. The molecule has 3 rings (SSSR count). The van der Waals surface area contributed by atoms with Crippen LogP contribution in [-0.4, -0.2) is 24.5 Å². The molecule has 1 saturated carbocycles. The average Bonchev–Trinajstić information content (AvgIpc) is 3.13. The van der Waals surface area contributed by atoms with Gasteiger partial charge in [-0.15, -0.1) is 11.3 Å². The zero-order chi connectivity index (χ0) is 16.9. The minimum Gasteiger partial charge on any atom is -0.497 e. The number of hydrogen-bond donors (Lipinski definition) is 0. The molecule has 0 spiro atoms. The molecule has 2 aromatic rings. The Labute approximate surface area is 147 Å². The predicted octanol–water partition coefficient (Wildman–Crippen LogP) is 4.75. The second-order valence-corrected chi connectivity index (χ2v) is 7.00. The van der Waals surface area contributed by atoms with Crippen LogP contribution in [0.1, 0.15) is 39.0 Å². The summed E-state index contributed by atoms with van der Waals surface area (Å²) in [4.78, 5) is 19.4. The molecule has 0 radical (unpaired) electrons. The summed E-state index contributed by atoms with van der Waals surface area (Å²) in [5.41, 5.74) is 1.95. The topological polar surface area (TPSA) is 42.4 Å². The predicted molar refractivity (Wildman–Crippen MR) is 98.7 cm³/mol. The molecule has 0 unspecified atom stereocenters. The lowest BCUT2D eigenvalue weighted by Crippen LogP contribution is -2.36. The summed E-state index contributed by atoms with van der Waals surface area (Å²) >= 11 is 1.54. The summed E-state index contributed by atoms with van der Waals surface area (Å²) in [5.74, 6) is 1.25. The lowest BCUT2D eigenvalue weighted by atomic mass is 9.88. The first-order chi connectivity index (χ1) is 11.7.